The summed E-state index contributed by atoms with van der Waals surface area (Å²) in [4.78, 5) is 20.9. The van der Waals surface area contributed by atoms with Gasteiger partial charge in [-0.1, -0.05) is 12.1 Å². The molecular formula is C22H26FN3OS. The van der Waals surface area contributed by atoms with Crippen molar-refractivity contribution in [2.24, 2.45) is 5.92 Å². The number of amides is 1. The van der Waals surface area contributed by atoms with Gasteiger partial charge in [-0.25, -0.2) is 4.39 Å². The molecule has 0 spiro atoms. The van der Waals surface area contributed by atoms with Gasteiger partial charge in [-0.2, -0.15) is 0 Å². The van der Waals surface area contributed by atoms with Crippen LogP contribution in [0, 0.1) is 11.7 Å². The van der Waals surface area contributed by atoms with Crippen molar-refractivity contribution >= 4 is 22.9 Å². The second-order valence-electron chi connectivity index (χ2n) is 8.12. The van der Waals surface area contributed by atoms with Crippen LogP contribution in [0.1, 0.15) is 29.3 Å². The Labute approximate surface area is 169 Å². The largest absolute Gasteiger partial charge is 0.366 e. The Bertz CT molecular complexity index is 857. The summed E-state index contributed by atoms with van der Waals surface area (Å²) in [5.74, 6) is 0.756. The van der Waals surface area contributed by atoms with Crippen molar-refractivity contribution in [3.8, 4) is 0 Å². The second kappa shape index (κ2) is 7.48. The molecule has 2 aliphatic heterocycles. The Morgan fingerprint density at radius 3 is 2.61 bits per heavy atom. The van der Waals surface area contributed by atoms with E-state index >= 15 is 0 Å². The van der Waals surface area contributed by atoms with E-state index in [0.717, 1.165) is 18.9 Å². The first-order chi connectivity index (χ1) is 13.7. The molecule has 4 nitrogen and oxygen atoms in total. The molecule has 6 heteroatoms. The van der Waals surface area contributed by atoms with E-state index in [4.69, 9.17) is 0 Å². The molecule has 1 atom stereocenters. The number of para-hydroxylation sites is 1. The number of hydrogen-bond acceptors (Lipinski definition) is 4. The van der Waals surface area contributed by atoms with Crippen LogP contribution in [0.4, 0.5) is 10.1 Å². The van der Waals surface area contributed by atoms with Crippen molar-refractivity contribution in [1.82, 2.24) is 9.80 Å². The van der Waals surface area contributed by atoms with Gasteiger partial charge in [0.2, 0.25) is 5.91 Å². The first-order valence-corrected chi connectivity index (χ1v) is 11.2. The van der Waals surface area contributed by atoms with Crippen molar-refractivity contribution in [2.45, 2.75) is 25.3 Å². The molecule has 3 heterocycles. The molecule has 1 aromatic carbocycles. The average molecular weight is 400 g/mol. The Kier molecular flexibility index (Phi) is 4.85. The van der Waals surface area contributed by atoms with Crippen molar-refractivity contribution in [3.63, 3.8) is 0 Å². The Balaban J connectivity index is 1.22. The summed E-state index contributed by atoms with van der Waals surface area (Å²) in [5.41, 5.74) is 2.11. The van der Waals surface area contributed by atoms with Gasteiger partial charge in [0.1, 0.15) is 5.82 Å². The van der Waals surface area contributed by atoms with E-state index in [9.17, 15) is 9.18 Å². The Hall–Kier alpha value is -1.92. The van der Waals surface area contributed by atoms with Gasteiger partial charge < -0.3 is 9.80 Å². The zero-order valence-corrected chi connectivity index (χ0v) is 16.8. The maximum atomic E-state index is 14.0. The lowest BCUT2D eigenvalue weighted by Crippen LogP contribution is -2.52. The highest BCUT2D eigenvalue weighted by atomic mass is 32.1. The van der Waals surface area contributed by atoms with Crippen LogP contribution >= 0.6 is 11.3 Å². The molecule has 2 aromatic rings. The van der Waals surface area contributed by atoms with Gasteiger partial charge in [0, 0.05) is 43.6 Å². The zero-order valence-electron chi connectivity index (χ0n) is 16.0. The lowest BCUT2D eigenvalue weighted by molar-refractivity contribution is -0.133. The minimum atomic E-state index is -0.186. The fourth-order valence-electron chi connectivity index (χ4n) is 4.72. The number of thiophene rings is 1. The minimum Gasteiger partial charge on any atom is -0.366 e. The predicted molar refractivity (Wildman–Crippen MR) is 110 cm³/mol. The standard InChI is InChI=1S/C22H26FN3OS/c23-18-3-1-2-4-19(18)24-10-12-25(13-11-24)21(27)15-26-9-7-20-17(8-14-28-20)22(26)16-5-6-16/h1-4,8,14,16,22H,5-7,9-13,15H2/t22-/m0/s1. The van der Waals surface area contributed by atoms with E-state index in [1.165, 1.54) is 29.3 Å². The molecule has 148 valence electrons. The van der Waals surface area contributed by atoms with E-state index in [-0.39, 0.29) is 11.7 Å². The van der Waals surface area contributed by atoms with Gasteiger partial charge in [-0.3, -0.25) is 9.69 Å². The van der Waals surface area contributed by atoms with Gasteiger partial charge in [-0.05, 0) is 54.3 Å². The lowest BCUT2D eigenvalue weighted by Gasteiger charge is -2.39. The molecular weight excluding hydrogens is 373 g/mol. The summed E-state index contributed by atoms with van der Waals surface area (Å²) in [7, 11) is 0. The number of rotatable bonds is 4. The quantitative estimate of drug-likeness (QED) is 0.787. The highest BCUT2D eigenvalue weighted by Gasteiger charge is 2.40. The molecule has 2 fully saturated rings. The van der Waals surface area contributed by atoms with Crippen LogP contribution in [-0.4, -0.2) is 55.0 Å². The molecule has 1 amide bonds. The van der Waals surface area contributed by atoms with Gasteiger partial charge in [-0.15, -0.1) is 11.3 Å². The number of halogens is 1. The van der Waals surface area contributed by atoms with Gasteiger partial charge >= 0.3 is 0 Å². The number of anilines is 1. The zero-order chi connectivity index (χ0) is 19.1. The third kappa shape index (κ3) is 3.44. The average Bonchev–Trinajstić information content (AvgIpc) is 3.44. The SMILES string of the molecule is O=C(CN1CCc2sccc2[C@@H]1C1CC1)N1CCN(c2ccccc2F)CC1. The number of carbonyl (C=O) groups is 1. The normalized spacial score (nSPS) is 23.0. The lowest BCUT2D eigenvalue weighted by atomic mass is 9.96. The van der Waals surface area contributed by atoms with Crippen LogP contribution < -0.4 is 4.90 Å². The summed E-state index contributed by atoms with van der Waals surface area (Å²) in [5, 5.41) is 2.20. The van der Waals surface area contributed by atoms with Crippen LogP contribution in [0.2, 0.25) is 0 Å². The Morgan fingerprint density at radius 2 is 1.86 bits per heavy atom. The van der Waals surface area contributed by atoms with Crippen LogP contribution in [0.5, 0.6) is 0 Å². The number of hydrogen-bond donors (Lipinski definition) is 0. The molecule has 3 aliphatic rings. The number of nitrogens with zero attached hydrogens (tertiary/aromatic N) is 3. The van der Waals surface area contributed by atoms with Crippen molar-refractivity contribution < 1.29 is 9.18 Å². The van der Waals surface area contributed by atoms with E-state index in [1.54, 1.807) is 6.07 Å². The second-order valence-corrected chi connectivity index (χ2v) is 9.12. The Morgan fingerprint density at radius 1 is 1.07 bits per heavy atom. The van der Waals surface area contributed by atoms with E-state index in [0.29, 0.717) is 44.5 Å². The molecule has 1 saturated carbocycles. The van der Waals surface area contributed by atoms with Gasteiger partial charge in [0.15, 0.2) is 0 Å². The smallest absolute Gasteiger partial charge is 0.236 e. The molecule has 5 rings (SSSR count). The van der Waals surface area contributed by atoms with Crippen LogP contribution in [0.3, 0.4) is 0 Å². The fraction of sp³-hybridized carbons (Fsp3) is 0.500. The fourth-order valence-corrected chi connectivity index (χ4v) is 5.63. The molecule has 28 heavy (non-hydrogen) atoms. The topological polar surface area (TPSA) is 26.8 Å². The number of fused-ring (bicyclic) bond motifs is 1. The molecule has 1 saturated heterocycles. The first kappa shape index (κ1) is 18.1. The summed E-state index contributed by atoms with van der Waals surface area (Å²) in [6.07, 6.45) is 3.63. The summed E-state index contributed by atoms with van der Waals surface area (Å²) >= 11 is 1.86. The number of carbonyl (C=O) groups excluding carboxylic acids is 1. The molecule has 1 aromatic heterocycles. The third-order valence-corrected chi connectivity index (χ3v) is 7.35. The predicted octanol–water partition coefficient (Wildman–Crippen LogP) is 3.55. The highest BCUT2D eigenvalue weighted by Crippen LogP contribution is 2.48. The van der Waals surface area contributed by atoms with Crippen LogP contribution in [0.25, 0.3) is 0 Å². The van der Waals surface area contributed by atoms with Crippen molar-refractivity contribution in [3.05, 3.63) is 52.0 Å². The van der Waals surface area contributed by atoms with E-state index in [2.05, 4.69) is 16.3 Å². The number of benzene rings is 1. The molecule has 0 unspecified atom stereocenters. The van der Waals surface area contributed by atoms with Gasteiger partial charge in [0.05, 0.1) is 12.2 Å². The van der Waals surface area contributed by atoms with Crippen molar-refractivity contribution in [2.75, 3.05) is 44.2 Å². The van der Waals surface area contributed by atoms with Gasteiger partial charge in [0.25, 0.3) is 0 Å². The van der Waals surface area contributed by atoms with E-state index in [1.807, 2.05) is 33.3 Å². The molecule has 0 radical (unpaired) electrons. The molecule has 0 N–H and O–H groups in total. The van der Waals surface area contributed by atoms with Crippen LogP contribution in [-0.2, 0) is 11.2 Å². The monoisotopic (exact) mass is 399 g/mol. The number of piperazine rings is 1. The van der Waals surface area contributed by atoms with Crippen molar-refractivity contribution in [1.29, 1.82) is 0 Å². The third-order valence-electron chi connectivity index (χ3n) is 6.35. The highest BCUT2D eigenvalue weighted by molar-refractivity contribution is 7.10. The van der Waals surface area contributed by atoms with E-state index < -0.39 is 0 Å². The summed E-state index contributed by atoms with van der Waals surface area (Å²) in [6.45, 7) is 4.20. The maximum Gasteiger partial charge on any atom is 0.236 e. The van der Waals surface area contributed by atoms with Crippen LogP contribution in [0.15, 0.2) is 35.7 Å². The molecule has 1 aliphatic carbocycles. The summed E-state index contributed by atoms with van der Waals surface area (Å²) in [6, 6.07) is 9.60. The molecule has 0 bridgehead atoms. The maximum absolute atomic E-state index is 14.0. The minimum absolute atomic E-state index is 0.186. The first-order valence-electron chi connectivity index (χ1n) is 10.3. The summed E-state index contributed by atoms with van der Waals surface area (Å²) < 4.78 is 14.0.